The Kier molecular flexibility index (Phi) is 3.85. The summed E-state index contributed by atoms with van der Waals surface area (Å²) in [5.41, 5.74) is -0.919. The average molecular weight is 292 g/mol. The molecule has 7 nitrogen and oxygen atoms in total. The Morgan fingerprint density at radius 3 is 1.75 bits per heavy atom. The van der Waals surface area contributed by atoms with Gasteiger partial charge in [0.2, 0.25) is 0 Å². The van der Waals surface area contributed by atoms with Gasteiger partial charge in [0, 0.05) is 17.0 Å². The zero-order valence-corrected chi connectivity index (χ0v) is 10.8. The molecule has 0 N–H and O–H groups in total. The summed E-state index contributed by atoms with van der Waals surface area (Å²) >= 11 is 0. The SMILES string of the molecule is O=[N+]([O-])c1cc([N+](=O)[O-])cc(S(=O)c2ccccc2)c1. The van der Waals surface area contributed by atoms with Crippen molar-refractivity contribution in [2.45, 2.75) is 9.79 Å². The number of benzene rings is 2. The minimum absolute atomic E-state index is 0.0251. The number of non-ortho nitro benzene ring substituents is 2. The Morgan fingerprint density at radius 1 is 0.800 bits per heavy atom. The molecule has 0 saturated heterocycles. The fraction of sp³-hybridized carbons (Fsp3) is 0. The molecular formula is C12H8N2O5S. The zero-order valence-electron chi connectivity index (χ0n) is 9.96. The standard InChI is InChI=1S/C12H8N2O5S/c15-13(16)9-6-10(14(17)18)8-12(7-9)20(19)11-4-2-1-3-5-11/h1-8H. The van der Waals surface area contributed by atoms with Gasteiger partial charge in [-0.1, -0.05) is 18.2 Å². The van der Waals surface area contributed by atoms with Crippen molar-refractivity contribution in [3.05, 3.63) is 68.8 Å². The van der Waals surface area contributed by atoms with Crippen LogP contribution in [0.5, 0.6) is 0 Å². The van der Waals surface area contributed by atoms with Gasteiger partial charge in [0.15, 0.2) is 0 Å². The van der Waals surface area contributed by atoms with Crippen molar-refractivity contribution in [2.24, 2.45) is 0 Å². The van der Waals surface area contributed by atoms with Crippen LogP contribution in [0.2, 0.25) is 0 Å². The van der Waals surface area contributed by atoms with Crippen LogP contribution in [0, 0.1) is 20.2 Å². The molecule has 1 atom stereocenters. The van der Waals surface area contributed by atoms with Crippen LogP contribution in [-0.2, 0) is 10.8 Å². The molecule has 0 aliphatic heterocycles. The van der Waals surface area contributed by atoms with E-state index in [0.29, 0.717) is 4.90 Å². The molecule has 0 heterocycles. The van der Waals surface area contributed by atoms with E-state index in [0.717, 1.165) is 18.2 Å². The molecule has 0 spiro atoms. The molecule has 0 saturated carbocycles. The Balaban J connectivity index is 2.53. The van der Waals surface area contributed by atoms with E-state index in [9.17, 15) is 24.4 Å². The number of nitrogens with zero attached hydrogens (tertiary/aromatic N) is 2. The Hall–Kier alpha value is -2.61. The summed E-state index contributed by atoms with van der Waals surface area (Å²) in [6.45, 7) is 0. The largest absolute Gasteiger partial charge is 0.277 e. The molecule has 20 heavy (non-hydrogen) atoms. The highest BCUT2D eigenvalue weighted by Crippen LogP contribution is 2.27. The second kappa shape index (κ2) is 5.57. The Bertz CT molecular complexity index is 670. The minimum Gasteiger partial charge on any atom is -0.258 e. The number of hydrogen-bond acceptors (Lipinski definition) is 5. The average Bonchev–Trinajstić information content (AvgIpc) is 2.46. The van der Waals surface area contributed by atoms with Crippen molar-refractivity contribution in [1.29, 1.82) is 0 Å². The monoisotopic (exact) mass is 292 g/mol. The maximum Gasteiger partial charge on any atom is 0.277 e. The molecule has 1 unspecified atom stereocenters. The second-order valence-electron chi connectivity index (χ2n) is 3.78. The van der Waals surface area contributed by atoms with Gasteiger partial charge in [-0.05, 0) is 12.1 Å². The van der Waals surface area contributed by atoms with E-state index in [1.54, 1.807) is 30.3 Å². The summed E-state index contributed by atoms with van der Waals surface area (Å²) in [6.07, 6.45) is 0. The maximum atomic E-state index is 12.3. The van der Waals surface area contributed by atoms with E-state index in [2.05, 4.69) is 0 Å². The molecule has 0 radical (unpaired) electrons. The topological polar surface area (TPSA) is 103 Å². The van der Waals surface area contributed by atoms with E-state index < -0.39 is 32.0 Å². The summed E-state index contributed by atoms with van der Waals surface area (Å²) in [6, 6.07) is 11.2. The van der Waals surface area contributed by atoms with E-state index in [1.807, 2.05) is 0 Å². The third kappa shape index (κ3) is 2.86. The second-order valence-corrected chi connectivity index (χ2v) is 5.26. The highest BCUT2D eigenvalue weighted by atomic mass is 32.2. The molecule has 0 bridgehead atoms. The van der Waals surface area contributed by atoms with Crippen LogP contribution < -0.4 is 0 Å². The lowest BCUT2D eigenvalue weighted by Gasteiger charge is -2.02. The van der Waals surface area contributed by atoms with Crippen molar-refractivity contribution >= 4 is 22.2 Å². The van der Waals surface area contributed by atoms with Crippen LogP contribution in [0.3, 0.4) is 0 Å². The quantitative estimate of drug-likeness (QED) is 0.636. The number of rotatable bonds is 4. The lowest BCUT2D eigenvalue weighted by molar-refractivity contribution is -0.394. The summed E-state index contributed by atoms with van der Waals surface area (Å²) in [5, 5.41) is 21.5. The van der Waals surface area contributed by atoms with Gasteiger partial charge < -0.3 is 0 Å². The van der Waals surface area contributed by atoms with Crippen LogP contribution in [-0.4, -0.2) is 14.1 Å². The van der Waals surface area contributed by atoms with Gasteiger partial charge in [0.05, 0.1) is 31.6 Å². The molecule has 0 amide bonds. The third-order valence-corrected chi connectivity index (χ3v) is 3.83. The first-order valence-corrected chi connectivity index (χ1v) is 6.54. The summed E-state index contributed by atoms with van der Waals surface area (Å²) in [4.78, 5) is 20.5. The molecule has 0 aliphatic rings. The van der Waals surface area contributed by atoms with Crippen LogP contribution in [0.1, 0.15) is 0 Å². The van der Waals surface area contributed by atoms with E-state index >= 15 is 0 Å². The molecule has 2 rings (SSSR count). The molecule has 2 aromatic rings. The summed E-state index contributed by atoms with van der Waals surface area (Å²) in [7, 11) is -1.71. The predicted molar refractivity (Wildman–Crippen MR) is 70.9 cm³/mol. The van der Waals surface area contributed by atoms with Crippen molar-refractivity contribution in [3.8, 4) is 0 Å². The summed E-state index contributed by atoms with van der Waals surface area (Å²) < 4.78 is 12.3. The third-order valence-electron chi connectivity index (χ3n) is 2.47. The fourth-order valence-corrected chi connectivity index (χ4v) is 2.70. The lowest BCUT2D eigenvalue weighted by atomic mass is 10.3. The first kappa shape index (κ1) is 13.8. The highest BCUT2D eigenvalue weighted by Gasteiger charge is 2.19. The minimum atomic E-state index is -1.71. The molecule has 0 fully saturated rings. The van der Waals surface area contributed by atoms with E-state index in [4.69, 9.17) is 0 Å². The fourth-order valence-electron chi connectivity index (χ4n) is 1.57. The van der Waals surface area contributed by atoms with Crippen LogP contribution in [0.4, 0.5) is 11.4 Å². The van der Waals surface area contributed by atoms with E-state index in [-0.39, 0.29) is 4.90 Å². The zero-order chi connectivity index (χ0) is 14.7. The first-order chi connectivity index (χ1) is 9.49. The Labute approximate surface area is 115 Å². The number of nitro groups is 2. The summed E-state index contributed by atoms with van der Waals surface area (Å²) in [5.74, 6) is 0. The van der Waals surface area contributed by atoms with Crippen LogP contribution in [0.25, 0.3) is 0 Å². The van der Waals surface area contributed by atoms with Gasteiger partial charge in [0.1, 0.15) is 0 Å². The lowest BCUT2D eigenvalue weighted by Crippen LogP contribution is -1.98. The van der Waals surface area contributed by atoms with E-state index in [1.165, 1.54) is 0 Å². The molecule has 8 heteroatoms. The molecule has 2 aromatic carbocycles. The number of hydrogen-bond donors (Lipinski definition) is 0. The first-order valence-electron chi connectivity index (χ1n) is 5.40. The van der Waals surface area contributed by atoms with Crippen molar-refractivity contribution in [1.82, 2.24) is 0 Å². The predicted octanol–water partition coefficient (Wildman–Crippen LogP) is 2.67. The molecule has 102 valence electrons. The van der Waals surface area contributed by atoms with Crippen LogP contribution in [0.15, 0.2) is 58.3 Å². The smallest absolute Gasteiger partial charge is 0.258 e. The van der Waals surface area contributed by atoms with Crippen molar-refractivity contribution in [2.75, 3.05) is 0 Å². The Morgan fingerprint density at radius 2 is 1.30 bits per heavy atom. The van der Waals surface area contributed by atoms with Gasteiger partial charge in [-0.25, -0.2) is 4.21 Å². The van der Waals surface area contributed by atoms with Gasteiger partial charge in [-0.2, -0.15) is 0 Å². The van der Waals surface area contributed by atoms with Crippen LogP contribution >= 0.6 is 0 Å². The molecule has 0 aromatic heterocycles. The van der Waals surface area contributed by atoms with Gasteiger partial charge in [-0.15, -0.1) is 0 Å². The molecule has 0 aliphatic carbocycles. The maximum absolute atomic E-state index is 12.3. The normalized spacial score (nSPS) is 11.8. The number of nitro benzene ring substituents is 2. The van der Waals surface area contributed by atoms with Gasteiger partial charge in [0.25, 0.3) is 11.4 Å². The van der Waals surface area contributed by atoms with Gasteiger partial charge >= 0.3 is 0 Å². The van der Waals surface area contributed by atoms with Crippen molar-refractivity contribution in [3.63, 3.8) is 0 Å². The molecular weight excluding hydrogens is 284 g/mol. The van der Waals surface area contributed by atoms with Crippen molar-refractivity contribution < 1.29 is 14.1 Å². The van der Waals surface area contributed by atoms with Gasteiger partial charge in [-0.3, -0.25) is 20.2 Å². The highest BCUT2D eigenvalue weighted by molar-refractivity contribution is 7.85.